The molecule has 2 rings (SSSR count). The molecule has 0 saturated heterocycles. The summed E-state index contributed by atoms with van der Waals surface area (Å²) in [5.74, 6) is -0.935. The Morgan fingerprint density at radius 3 is 1.50 bits per heavy atom. The van der Waals surface area contributed by atoms with Gasteiger partial charge in [-0.3, -0.25) is 0 Å². The van der Waals surface area contributed by atoms with Crippen molar-refractivity contribution in [3.05, 3.63) is 72.8 Å². The van der Waals surface area contributed by atoms with Crippen LogP contribution in [-0.4, -0.2) is 11.1 Å². The van der Waals surface area contributed by atoms with Crippen LogP contribution < -0.4 is 10.6 Å². The van der Waals surface area contributed by atoms with Gasteiger partial charge < -0.3 is 9.67 Å². The number of carbonyl (C=O) groups is 1. The molecule has 0 saturated carbocycles. The fourth-order valence-corrected chi connectivity index (χ4v) is 2.67. The molecule has 0 spiro atoms. The quantitative estimate of drug-likeness (QED) is 0.698. The topological polar surface area (TPSA) is 54.4 Å². The maximum absolute atomic E-state index is 12.0. The monoisotopic (exact) mass is 288 g/mol. The van der Waals surface area contributed by atoms with Crippen molar-refractivity contribution in [2.45, 2.75) is 6.92 Å². The molecule has 20 heavy (non-hydrogen) atoms. The molecule has 0 aliphatic heterocycles. The number of carboxylic acid groups (broad SMARTS) is 1. The van der Waals surface area contributed by atoms with Gasteiger partial charge in [-0.2, -0.15) is 0 Å². The van der Waals surface area contributed by atoms with Crippen molar-refractivity contribution >= 4 is 24.4 Å². The Morgan fingerprint density at radius 1 is 0.950 bits per heavy atom. The number of aliphatic carboxylic acids is 1. The highest BCUT2D eigenvalue weighted by Gasteiger charge is 2.03. The molecule has 4 heteroatoms. The zero-order chi connectivity index (χ0) is 15.0. The molecule has 0 fully saturated rings. The van der Waals surface area contributed by atoms with Gasteiger partial charge in [0.2, 0.25) is 0 Å². The Morgan fingerprint density at radius 2 is 1.25 bits per heavy atom. The van der Waals surface area contributed by atoms with Crippen LogP contribution >= 0.6 is 7.80 Å². The van der Waals surface area contributed by atoms with Crippen LogP contribution in [0.15, 0.2) is 72.8 Å². The van der Waals surface area contributed by atoms with Crippen molar-refractivity contribution in [3.8, 4) is 0 Å². The van der Waals surface area contributed by atoms with E-state index >= 15 is 0 Å². The number of benzene rings is 2. The molecule has 0 atom stereocenters. The van der Waals surface area contributed by atoms with Gasteiger partial charge in [0.1, 0.15) is 7.80 Å². The lowest BCUT2D eigenvalue weighted by atomic mass is 10.4. The zero-order valence-corrected chi connectivity index (χ0v) is 12.2. The normalized spacial score (nSPS) is 9.50. The summed E-state index contributed by atoms with van der Waals surface area (Å²) in [7, 11) is -1.79. The summed E-state index contributed by atoms with van der Waals surface area (Å²) in [5, 5.41) is 9.73. The molecule has 2 aromatic rings. The molecule has 0 amide bonds. The highest BCUT2D eigenvalue weighted by atomic mass is 31.1. The lowest BCUT2D eigenvalue weighted by molar-refractivity contribution is -0.132. The maximum Gasteiger partial charge on any atom is 0.330 e. The van der Waals surface area contributed by atoms with Crippen LogP contribution in [0, 0.1) is 0 Å². The summed E-state index contributed by atoms with van der Waals surface area (Å²) < 4.78 is 12.0. The minimum atomic E-state index is -1.79. The SMILES string of the molecule is C=C(C)C(=O)O.O=[PH](c1ccccc1)c1ccccc1. The van der Waals surface area contributed by atoms with E-state index in [1.807, 2.05) is 60.7 Å². The van der Waals surface area contributed by atoms with E-state index in [4.69, 9.17) is 5.11 Å². The fraction of sp³-hybridized carbons (Fsp3) is 0.0625. The number of hydrogen-bond acceptors (Lipinski definition) is 2. The van der Waals surface area contributed by atoms with Gasteiger partial charge in [0, 0.05) is 16.2 Å². The minimum Gasteiger partial charge on any atom is -0.478 e. The largest absolute Gasteiger partial charge is 0.478 e. The Hall–Kier alpha value is -2.12. The van der Waals surface area contributed by atoms with E-state index in [1.54, 1.807) is 0 Å². The van der Waals surface area contributed by atoms with Crippen molar-refractivity contribution < 1.29 is 14.5 Å². The van der Waals surface area contributed by atoms with Crippen LogP contribution in [0.2, 0.25) is 0 Å². The molecular weight excluding hydrogens is 271 g/mol. The van der Waals surface area contributed by atoms with Gasteiger partial charge in [-0.25, -0.2) is 4.79 Å². The number of rotatable bonds is 3. The molecule has 104 valence electrons. The predicted octanol–water partition coefficient (Wildman–Crippen LogP) is 2.84. The second-order valence-corrected chi connectivity index (χ2v) is 5.96. The average molecular weight is 288 g/mol. The standard InChI is InChI=1S/C12H11OP.C4H6O2/c13-14(11-7-3-1-4-8-11)12-9-5-2-6-10-12;1-3(2)4(5)6/h1-10,14H;1H2,2H3,(H,5,6). The zero-order valence-electron chi connectivity index (χ0n) is 11.2. The van der Waals surface area contributed by atoms with E-state index in [-0.39, 0.29) is 5.57 Å². The van der Waals surface area contributed by atoms with Gasteiger partial charge in [-0.1, -0.05) is 67.2 Å². The van der Waals surface area contributed by atoms with Crippen LogP contribution in [0.5, 0.6) is 0 Å². The highest BCUT2D eigenvalue weighted by Crippen LogP contribution is 2.18. The maximum atomic E-state index is 12.0. The van der Waals surface area contributed by atoms with Crippen LogP contribution in [0.3, 0.4) is 0 Å². The van der Waals surface area contributed by atoms with Gasteiger partial charge in [0.05, 0.1) is 0 Å². The molecule has 0 radical (unpaired) electrons. The van der Waals surface area contributed by atoms with Gasteiger partial charge >= 0.3 is 5.97 Å². The van der Waals surface area contributed by atoms with Gasteiger partial charge in [0.25, 0.3) is 0 Å². The van der Waals surface area contributed by atoms with Crippen LogP contribution in [0.25, 0.3) is 0 Å². The van der Waals surface area contributed by atoms with E-state index in [0.29, 0.717) is 0 Å². The van der Waals surface area contributed by atoms with E-state index in [9.17, 15) is 9.36 Å². The summed E-state index contributed by atoms with van der Waals surface area (Å²) in [6.45, 7) is 4.60. The Bertz CT molecular complexity index is 538. The Labute approximate surface area is 119 Å². The first-order valence-corrected chi connectivity index (χ1v) is 7.47. The highest BCUT2D eigenvalue weighted by molar-refractivity contribution is 7.61. The molecule has 2 aromatic carbocycles. The summed E-state index contributed by atoms with van der Waals surface area (Å²) >= 11 is 0. The van der Waals surface area contributed by atoms with E-state index < -0.39 is 13.8 Å². The van der Waals surface area contributed by atoms with E-state index in [1.165, 1.54) is 6.92 Å². The molecule has 0 aromatic heterocycles. The van der Waals surface area contributed by atoms with Gasteiger partial charge in [-0.05, 0) is 6.92 Å². The third kappa shape index (κ3) is 5.25. The van der Waals surface area contributed by atoms with Crippen LogP contribution in [0.1, 0.15) is 6.92 Å². The second-order valence-electron chi connectivity index (χ2n) is 4.15. The molecule has 0 unspecified atom stereocenters. The van der Waals surface area contributed by atoms with Crippen LogP contribution in [-0.2, 0) is 9.36 Å². The number of hydrogen-bond donors (Lipinski definition) is 1. The molecule has 3 nitrogen and oxygen atoms in total. The van der Waals surface area contributed by atoms with Crippen molar-refractivity contribution in [1.82, 2.24) is 0 Å². The first-order chi connectivity index (χ1) is 9.52. The first kappa shape index (κ1) is 15.9. The van der Waals surface area contributed by atoms with Crippen molar-refractivity contribution in [3.63, 3.8) is 0 Å². The summed E-state index contributed by atoms with van der Waals surface area (Å²) in [6, 6.07) is 19.2. The third-order valence-electron chi connectivity index (χ3n) is 2.44. The number of carboxylic acids is 1. The van der Waals surface area contributed by atoms with Crippen molar-refractivity contribution in [2.75, 3.05) is 0 Å². The predicted molar refractivity (Wildman–Crippen MR) is 83.6 cm³/mol. The summed E-state index contributed by atoms with van der Waals surface area (Å²) in [5.41, 5.74) is 0.176. The lowest BCUT2D eigenvalue weighted by Crippen LogP contribution is -2.04. The minimum absolute atomic E-state index is 0.176. The molecular formula is C16H17O3P. The van der Waals surface area contributed by atoms with E-state index in [2.05, 4.69) is 6.58 Å². The lowest BCUT2D eigenvalue weighted by Gasteiger charge is -2.01. The Kier molecular flexibility index (Phi) is 6.48. The average Bonchev–Trinajstić information content (AvgIpc) is 2.49. The van der Waals surface area contributed by atoms with Crippen molar-refractivity contribution in [2.24, 2.45) is 0 Å². The molecule has 0 bridgehead atoms. The molecule has 0 aliphatic rings. The smallest absolute Gasteiger partial charge is 0.330 e. The van der Waals surface area contributed by atoms with E-state index in [0.717, 1.165) is 10.6 Å². The molecule has 0 aliphatic carbocycles. The summed E-state index contributed by atoms with van der Waals surface area (Å²) in [6.07, 6.45) is 0. The second kappa shape index (κ2) is 8.13. The fourth-order valence-electron chi connectivity index (χ4n) is 1.35. The van der Waals surface area contributed by atoms with Crippen molar-refractivity contribution in [1.29, 1.82) is 0 Å². The summed E-state index contributed by atoms with van der Waals surface area (Å²) in [4.78, 5) is 9.60. The van der Waals surface area contributed by atoms with Crippen LogP contribution in [0.4, 0.5) is 0 Å². The molecule has 1 N–H and O–H groups in total. The first-order valence-electron chi connectivity index (χ1n) is 6.06. The molecule has 0 heterocycles. The third-order valence-corrected chi connectivity index (χ3v) is 4.15. The Balaban J connectivity index is 0.000000286. The van der Waals surface area contributed by atoms with Gasteiger partial charge in [0.15, 0.2) is 0 Å². The van der Waals surface area contributed by atoms with Gasteiger partial charge in [-0.15, -0.1) is 0 Å².